The van der Waals surface area contributed by atoms with Crippen molar-refractivity contribution in [2.24, 2.45) is 40.4 Å². The molecule has 0 saturated heterocycles. The van der Waals surface area contributed by atoms with E-state index >= 15 is 0 Å². The molecule has 3 fully saturated rings. The van der Waals surface area contributed by atoms with E-state index in [0.29, 0.717) is 17.3 Å². The highest BCUT2D eigenvalue weighted by molar-refractivity contribution is 5.26. The molecule has 0 aromatic heterocycles. The maximum Gasteiger partial charge on any atom is 0.0832 e. The molecule has 4 aliphatic carbocycles. The van der Waals surface area contributed by atoms with Crippen LogP contribution in [0.5, 0.6) is 0 Å². The minimum Gasteiger partial charge on any atom is -0.393 e. The standard InChI is InChI=1S/C27H44O2/c1-18(2)7-6-14-27(5,29)24-11-10-22-21-9-8-19-17-20(28)12-15-25(19,3)23(21)13-16-26(22,24)4/h6,8,14,18,20-24,28-29H,7,9-13,15-17H2,1-5H3/b14-6-/t20-,21?,22?,23?,24?,25-,26-,27-/m0/s1. The zero-order valence-electron chi connectivity index (χ0n) is 19.5. The van der Waals surface area contributed by atoms with Crippen LogP contribution < -0.4 is 0 Å². The van der Waals surface area contributed by atoms with Gasteiger partial charge in [0.15, 0.2) is 0 Å². The van der Waals surface area contributed by atoms with E-state index in [4.69, 9.17) is 0 Å². The lowest BCUT2D eigenvalue weighted by Crippen LogP contribution is -2.52. The molecule has 0 heterocycles. The molecule has 2 heteroatoms. The molecule has 29 heavy (non-hydrogen) atoms. The number of aliphatic hydroxyl groups excluding tert-OH is 1. The number of rotatable bonds is 4. The Balaban J connectivity index is 1.57. The van der Waals surface area contributed by atoms with Crippen molar-refractivity contribution in [3.8, 4) is 0 Å². The van der Waals surface area contributed by atoms with Gasteiger partial charge in [-0.25, -0.2) is 0 Å². The zero-order chi connectivity index (χ0) is 21.0. The third kappa shape index (κ3) is 3.57. The fourth-order valence-corrected chi connectivity index (χ4v) is 8.30. The molecule has 4 rings (SSSR count). The summed E-state index contributed by atoms with van der Waals surface area (Å²) in [5, 5.41) is 21.7. The molecule has 8 atom stereocenters. The van der Waals surface area contributed by atoms with Gasteiger partial charge < -0.3 is 10.2 Å². The molecule has 3 saturated carbocycles. The highest BCUT2D eigenvalue weighted by atomic mass is 16.3. The monoisotopic (exact) mass is 400 g/mol. The Morgan fingerprint density at radius 1 is 1.14 bits per heavy atom. The van der Waals surface area contributed by atoms with Crippen LogP contribution in [0.25, 0.3) is 0 Å². The molecule has 0 aromatic rings. The quantitative estimate of drug-likeness (QED) is 0.545. The Morgan fingerprint density at radius 3 is 2.62 bits per heavy atom. The third-order valence-electron chi connectivity index (χ3n) is 9.85. The van der Waals surface area contributed by atoms with E-state index in [2.05, 4.69) is 52.8 Å². The van der Waals surface area contributed by atoms with Crippen molar-refractivity contribution in [2.45, 2.75) is 104 Å². The molecule has 0 spiro atoms. The Bertz CT molecular complexity index is 674. The molecule has 4 unspecified atom stereocenters. The molecule has 2 N–H and O–H groups in total. The maximum atomic E-state index is 11.5. The topological polar surface area (TPSA) is 40.5 Å². The van der Waals surface area contributed by atoms with Crippen LogP contribution in [0.2, 0.25) is 0 Å². The third-order valence-corrected chi connectivity index (χ3v) is 9.85. The van der Waals surface area contributed by atoms with Crippen molar-refractivity contribution in [3.63, 3.8) is 0 Å². The molecular weight excluding hydrogens is 356 g/mol. The summed E-state index contributed by atoms with van der Waals surface area (Å²) in [5.74, 6) is 3.28. The van der Waals surface area contributed by atoms with E-state index in [0.717, 1.165) is 49.9 Å². The van der Waals surface area contributed by atoms with Gasteiger partial charge in [0.25, 0.3) is 0 Å². The fourth-order valence-electron chi connectivity index (χ4n) is 8.30. The first-order valence-corrected chi connectivity index (χ1v) is 12.4. The Kier molecular flexibility index (Phi) is 5.61. The van der Waals surface area contributed by atoms with Gasteiger partial charge in [-0.2, -0.15) is 0 Å². The van der Waals surface area contributed by atoms with Crippen LogP contribution in [0.3, 0.4) is 0 Å². The van der Waals surface area contributed by atoms with Gasteiger partial charge in [-0.05, 0) is 105 Å². The average molecular weight is 401 g/mol. The number of aliphatic hydroxyl groups is 2. The Morgan fingerprint density at radius 2 is 1.90 bits per heavy atom. The van der Waals surface area contributed by atoms with E-state index in [9.17, 15) is 10.2 Å². The normalized spacial score (nSPS) is 46.8. The van der Waals surface area contributed by atoms with Crippen molar-refractivity contribution in [2.75, 3.05) is 0 Å². The summed E-state index contributed by atoms with van der Waals surface area (Å²) in [6, 6.07) is 0. The van der Waals surface area contributed by atoms with Crippen LogP contribution in [0, 0.1) is 40.4 Å². The van der Waals surface area contributed by atoms with Gasteiger partial charge in [-0.1, -0.05) is 51.5 Å². The summed E-state index contributed by atoms with van der Waals surface area (Å²) in [7, 11) is 0. The molecule has 2 nitrogen and oxygen atoms in total. The largest absolute Gasteiger partial charge is 0.393 e. The van der Waals surface area contributed by atoms with Crippen molar-refractivity contribution in [1.29, 1.82) is 0 Å². The van der Waals surface area contributed by atoms with Gasteiger partial charge in [0.1, 0.15) is 0 Å². The van der Waals surface area contributed by atoms with Crippen LogP contribution in [-0.4, -0.2) is 21.9 Å². The van der Waals surface area contributed by atoms with Crippen molar-refractivity contribution in [1.82, 2.24) is 0 Å². The van der Waals surface area contributed by atoms with Crippen LogP contribution in [0.15, 0.2) is 23.8 Å². The number of allylic oxidation sites excluding steroid dienone is 2. The molecule has 0 radical (unpaired) electrons. The average Bonchev–Trinajstić information content (AvgIpc) is 3.00. The first-order valence-electron chi connectivity index (χ1n) is 12.4. The summed E-state index contributed by atoms with van der Waals surface area (Å²) in [4.78, 5) is 0. The molecule has 0 amide bonds. The van der Waals surface area contributed by atoms with Gasteiger partial charge in [0, 0.05) is 0 Å². The summed E-state index contributed by atoms with van der Waals surface area (Å²) in [6.07, 6.45) is 17.0. The first-order chi connectivity index (χ1) is 13.6. The summed E-state index contributed by atoms with van der Waals surface area (Å²) in [5.41, 5.74) is 1.42. The number of hydrogen-bond acceptors (Lipinski definition) is 2. The summed E-state index contributed by atoms with van der Waals surface area (Å²) >= 11 is 0. The van der Waals surface area contributed by atoms with Crippen molar-refractivity contribution >= 4 is 0 Å². The molecular formula is C27H44O2. The highest BCUT2D eigenvalue weighted by Crippen LogP contribution is 2.67. The number of hydrogen-bond donors (Lipinski definition) is 2. The molecule has 0 aliphatic heterocycles. The van der Waals surface area contributed by atoms with E-state index in [1.807, 2.05) is 0 Å². The predicted octanol–water partition coefficient (Wildman–Crippen LogP) is 6.28. The minimum atomic E-state index is -0.695. The second-order valence-electron chi connectivity index (χ2n) is 12.1. The van der Waals surface area contributed by atoms with Gasteiger partial charge in [0.05, 0.1) is 11.7 Å². The SMILES string of the molecule is CC(C)C/C=C\[C@](C)(O)C1CCC2C3CC=C4C[C@@H](O)CC[C@]4(C)C3CC[C@@]21C. The van der Waals surface area contributed by atoms with Crippen molar-refractivity contribution < 1.29 is 10.2 Å². The van der Waals surface area contributed by atoms with E-state index in [1.165, 1.54) is 25.7 Å². The molecule has 164 valence electrons. The van der Waals surface area contributed by atoms with Crippen LogP contribution in [0.1, 0.15) is 92.4 Å². The van der Waals surface area contributed by atoms with Crippen LogP contribution >= 0.6 is 0 Å². The van der Waals surface area contributed by atoms with E-state index in [-0.39, 0.29) is 11.5 Å². The van der Waals surface area contributed by atoms with E-state index in [1.54, 1.807) is 5.57 Å². The minimum absolute atomic E-state index is 0.122. The second kappa shape index (κ2) is 7.52. The van der Waals surface area contributed by atoms with Gasteiger partial charge in [0.2, 0.25) is 0 Å². The van der Waals surface area contributed by atoms with Gasteiger partial charge >= 0.3 is 0 Å². The number of fused-ring (bicyclic) bond motifs is 5. The lowest BCUT2D eigenvalue weighted by atomic mass is 9.47. The fraction of sp³-hybridized carbons (Fsp3) is 0.852. The second-order valence-corrected chi connectivity index (χ2v) is 12.1. The maximum absolute atomic E-state index is 11.5. The Labute approximate surface area is 178 Å². The van der Waals surface area contributed by atoms with E-state index < -0.39 is 5.60 Å². The molecule has 0 bridgehead atoms. The highest BCUT2D eigenvalue weighted by Gasteiger charge is 2.60. The zero-order valence-corrected chi connectivity index (χ0v) is 19.5. The predicted molar refractivity (Wildman–Crippen MR) is 120 cm³/mol. The van der Waals surface area contributed by atoms with Gasteiger partial charge in [-0.3, -0.25) is 0 Å². The smallest absolute Gasteiger partial charge is 0.0832 e. The molecule has 0 aromatic carbocycles. The lowest BCUT2D eigenvalue weighted by molar-refractivity contribution is -0.0854. The van der Waals surface area contributed by atoms with Crippen LogP contribution in [0.4, 0.5) is 0 Å². The Hall–Kier alpha value is -0.600. The van der Waals surface area contributed by atoms with Gasteiger partial charge in [-0.15, -0.1) is 0 Å². The molecule has 4 aliphatic rings. The summed E-state index contributed by atoms with van der Waals surface area (Å²) < 4.78 is 0. The first kappa shape index (κ1) is 21.6. The van der Waals surface area contributed by atoms with Crippen LogP contribution in [-0.2, 0) is 0 Å². The summed E-state index contributed by atoms with van der Waals surface area (Å²) in [6.45, 7) is 11.5. The lowest BCUT2D eigenvalue weighted by Gasteiger charge is -2.58. The van der Waals surface area contributed by atoms with Crippen molar-refractivity contribution in [3.05, 3.63) is 23.8 Å².